The lowest BCUT2D eigenvalue weighted by Gasteiger charge is -2.28. The minimum atomic E-state index is -0.995. The predicted molar refractivity (Wildman–Crippen MR) is 64.6 cm³/mol. The zero-order valence-electron chi connectivity index (χ0n) is 11.0. The highest BCUT2D eigenvalue weighted by Gasteiger charge is 2.33. The molecule has 0 amide bonds. The van der Waals surface area contributed by atoms with E-state index in [1.807, 2.05) is 13.8 Å². The van der Waals surface area contributed by atoms with E-state index in [0.717, 1.165) is 6.42 Å². The molecule has 1 atom stereocenters. The van der Waals surface area contributed by atoms with Crippen molar-refractivity contribution in [2.45, 2.75) is 52.6 Å². The topological polar surface area (TPSA) is 58.6 Å². The number of ether oxygens (including phenoxy) is 1. The summed E-state index contributed by atoms with van der Waals surface area (Å²) in [6, 6.07) is 0.120. The zero-order valence-corrected chi connectivity index (χ0v) is 11.0. The highest BCUT2D eigenvalue weighted by Crippen LogP contribution is 2.08. The molecule has 4 heteroatoms. The van der Waals surface area contributed by atoms with Gasteiger partial charge in [-0.25, -0.2) is 0 Å². The highest BCUT2D eigenvalue weighted by atomic mass is 16.5. The SMILES string of the molecule is CC(C)CCOCC(C)(NC(C)C)C(=O)O. The molecule has 0 radical (unpaired) electrons. The van der Waals surface area contributed by atoms with E-state index in [2.05, 4.69) is 19.2 Å². The molecule has 0 aromatic carbocycles. The number of carboxylic acids is 1. The van der Waals surface area contributed by atoms with Crippen LogP contribution in [0.2, 0.25) is 0 Å². The summed E-state index contributed by atoms with van der Waals surface area (Å²) >= 11 is 0. The highest BCUT2D eigenvalue weighted by molar-refractivity contribution is 5.78. The van der Waals surface area contributed by atoms with E-state index in [-0.39, 0.29) is 12.6 Å². The average Bonchev–Trinajstić information content (AvgIpc) is 2.10. The Bertz CT molecular complexity index is 216. The molecule has 0 aliphatic rings. The lowest BCUT2D eigenvalue weighted by Crippen LogP contribution is -2.55. The standard InChI is InChI=1S/C12H25NO3/c1-9(2)6-7-16-8-12(5,11(14)15)13-10(3)4/h9-10,13H,6-8H2,1-5H3,(H,14,15). The molecule has 1 unspecified atom stereocenters. The number of hydrogen-bond donors (Lipinski definition) is 2. The summed E-state index contributed by atoms with van der Waals surface area (Å²) in [7, 11) is 0. The molecule has 0 aromatic rings. The van der Waals surface area contributed by atoms with Crippen LogP contribution in [0.1, 0.15) is 41.0 Å². The van der Waals surface area contributed by atoms with Crippen molar-refractivity contribution in [3.63, 3.8) is 0 Å². The van der Waals surface area contributed by atoms with Gasteiger partial charge < -0.3 is 9.84 Å². The number of hydrogen-bond acceptors (Lipinski definition) is 3. The summed E-state index contributed by atoms with van der Waals surface area (Å²) in [6.07, 6.45) is 0.956. The first-order valence-corrected chi connectivity index (χ1v) is 5.86. The molecule has 0 aromatic heterocycles. The minimum Gasteiger partial charge on any atom is -0.480 e. The molecule has 2 N–H and O–H groups in total. The van der Waals surface area contributed by atoms with Gasteiger partial charge in [0.05, 0.1) is 6.61 Å². The Morgan fingerprint density at radius 2 is 1.94 bits per heavy atom. The molecule has 0 saturated heterocycles. The molecule has 0 fully saturated rings. The van der Waals surface area contributed by atoms with Crippen LogP contribution in [0.15, 0.2) is 0 Å². The first kappa shape index (κ1) is 15.4. The molecule has 16 heavy (non-hydrogen) atoms. The summed E-state index contributed by atoms with van der Waals surface area (Å²) in [5.41, 5.74) is -0.995. The molecular formula is C12H25NO3. The van der Waals surface area contributed by atoms with Gasteiger partial charge in [-0.2, -0.15) is 0 Å². The first-order chi connectivity index (χ1) is 7.28. The predicted octanol–water partition coefficient (Wildman–Crippen LogP) is 1.89. The molecule has 0 bridgehead atoms. The average molecular weight is 231 g/mol. The molecule has 4 nitrogen and oxygen atoms in total. The van der Waals surface area contributed by atoms with Gasteiger partial charge in [-0.3, -0.25) is 10.1 Å². The maximum absolute atomic E-state index is 11.1. The molecule has 0 spiro atoms. The van der Waals surface area contributed by atoms with Crippen molar-refractivity contribution in [2.75, 3.05) is 13.2 Å². The third-order valence-corrected chi connectivity index (χ3v) is 2.31. The molecule has 0 rings (SSSR count). The Labute approximate surface area is 98.4 Å². The minimum absolute atomic E-state index is 0.120. The lowest BCUT2D eigenvalue weighted by atomic mass is 10.0. The maximum atomic E-state index is 11.1. The molecular weight excluding hydrogens is 206 g/mol. The summed E-state index contributed by atoms with van der Waals surface area (Å²) in [6.45, 7) is 10.6. The Morgan fingerprint density at radius 1 is 1.38 bits per heavy atom. The van der Waals surface area contributed by atoms with Crippen molar-refractivity contribution in [3.05, 3.63) is 0 Å². The van der Waals surface area contributed by atoms with Crippen LogP contribution in [0.3, 0.4) is 0 Å². The van der Waals surface area contributed by atoms with Gasteiger partial charge in [-0.1, -0.05) is 13.8 Å². The Balaban J connectivity index is 4.08. The van der Waals surface area contributed by atoms with Crippen molar-refractivity contribution in [2.24, 2.45) is 5.92 Å². The van der Waals surface area contributed by atoms with Gasteiger partial charge in [-0.05, 0) is 33.1 Å². The molecule has 0 aliphatic carbocycles. The largest absolute Gasteiger partial charge is 0.480 e. The van der Waals surface area contributed by atoms with Crippen LogP contribution in [0.5, 0.6) is 0 Å². The van der Waals surface area contributed by atoms with Crippen LogP contribution < -0.4 is 5.32 Å². The van der Waals surface area contributed by atoms with Crippen LogP contribution in [-0.4, -0.2) is 35.9 Å². The second-order valence-electron chi connectivity index (χ2n) is 5.17. The van der Waals surface area contributed by atoms with E-state index < -0.39 is 11.5 Å². The van der Waals surface area contributed by atoms with Crippen molar-refractivity contribution >= 4 is 5.97 Å². The number of aliphatic carboxylic acids is 1. The number of carboxylic acid groups (broad SMARTS) is 1. The van der Waals surface area contributed by atoms with Crippen molar-refractivity contribution < 1.29 is 14.6 Å². The van der Waals surface area contributed by atoms with Gasteiger partial charge in [0.25, 0.3) is 0 Å². The number of carbonyl (C=O) groups is 1. The quantitative estimate of drug-likeness (QED) is 0.626. The number of rotatable bonds is 8. The van der Waals surface area contributed by atoms with Gasteiger partial charge in [0.15, 0.2) is 0 Å². The maximum Gasteiger partial charge on any atom is 0.326 e. The third kappa shape index (κ3) is 6.08. The molecule has 0 saturated carbocycles. The normalized spacial score (nSPS) is 15.4. The lowest BCUT2D eigenvalue weighted by molar-refractivity contribution is -0.147. The van der Waals surface area contributed by atoms with Gasteiger partial charge in [0, 0.05) is 12.6 Å². The van der Waals surface area contributed by atoms with Crippen LogP contribution in [0, 0.1) is 5.92 Å². The summed E-state index contributed by atoms with van der Waals surface area (Å²) in [4.78, 5) is 11.1. The van der Waals surface area contributed by atoms with Crippen LogP contribution in [0.4, 0.5) is 0 Å². The smallest absolute Gasteiger partial charge is 0.326 e. The number of nitrogens with one attached hydrogen (secondary N) is 1. The third-order valence-electron chi connectivity index (χ3n) is 2.31. The summed E-state index contributed by atoms with van der Waals surface area (Å²) in [5, 5.41) is 12.2. The fourth-order valence-electron chi connectivity index (χ4n) is 1.40. The van der Waals surface area contributed by atoms with Crippen LogP contribution >= 0.6 is 0 Å². The zero-order chi connectivity index (χ0) is 12.8. The Kier molecular flexibility index (Phi) is 6.60. The van der Waals surface area contributed by atoms with Gasteiger partial charge >= 0.3 is 5.97 Å². The van der Waals surface area contributed by atoms with Gasteiger partial charge in [-0.15, -0.1) is 0 Å². The summed E-state index contributed by atoms with van der Waals surface area (Å²) < 4.78 is 5.43. The van der Waals surface area contributed by atoms with E-state index >= 15 is 0 Å². The van der Waals surface area contributed by atoms with Crippen LogP contribution in [-0.2, 0) is 9.53 Å². The van der Waals surface area contributed by atoms with Gasteiger partial charge in [0.2, 0.25) is 0 Å². The Morgan fingerprint density at radius 3 is 2.31 bits per heavy atom. The molecule has 0 aliphatic heterocycles. The van der Waals surface area contributed by atoms with E-state index in [0.29, 0.717) is 12.5 Å². The van der Waals surface area contributed by atoms with E-state index in [1.54, 1.807) is 6.92 Å². The summed E-state index contributed by atoms with van der Waals surface area (Å²) in [5.74, 6) is -0.292. The van der Waals surface area contributed by atoms with Crippen molar-refractivity contribution in [3.8, 4) is 0 Å². The van der Waals surface area contributed by atoms with Crippen molar-refractivity contribution in [1.82, 2.24) is 5.32 Å². The first-order valence-electron chi connectivity index (χ1n) is 5.86. The van der Waals surface area contributed by atoms with Crippen LogP contribution in [0.25, 0.3) is 0 Å². The van der Waals surface area contributed by atoms with Gasteiger partial charge in [0.1, 0.15) is 5.54 Å². The van der Waals surface area contributed by atoms with E-state index in [4.69, 9.17) is 9.84 Å². The van der Waals surface area contributed by atoms with E-state index in [1.165, 1.54) is 0 Å². The van der Waals surface area contributed by atoms with Crippen molar-refractivity contribution in [1.29, 1.82) is 0 Å². The second-order valence-corrected chi connectivity index (χ2v) is 5.17. The monoisotopic (exact) mass is 231 g/mol. The Hall–Kier alpha value is -0.610. The molecule has 96 valence electrons. The fourth-order valence-corrected chi connectivity index (χ4v) is 1.40. The second kappa shape index (κ2) is 6.86. The van der Waals surface area contributed by atoms with E-state index in [9.17, 15) is 4.79 Å². The molecule has 0 heterocycles. The fraction of sp³-hybridized carbons (Fsp3) is 0.917.